The molecule has 1 aromatic carbocycles. The van der Waals surface area contributed by atoms with Crippen LogP contribution >= 0.6 is 23.4 Å². The molecule has 2 N–H and O–H groups in total. The van der Waals surface area contributed by atoms with E-state index in [1.54, 1.807) is 6.08 Å². The summed E-state index contributed by atoms with van der Waals surface area (Å²) in [7, 11) is 0. The largest absolute Gasteiger partial charge is 0.395 e. The molecule has 20 heavy (non-hydrogen) atoms. The molecule has 2 atom stereocenters. The van der Waals surface area contributed by atoms with Crippen molar-refractivity contribution in [3.63, 3.8) is 0 Å². The standard InChI is InChI=1S/C14H17ClFNO2S/c1-9(13(8-18)20-2)17-14(19)6-4-10-3-5-12(16)11(15)7-10/h3-7,9,13,18H,8H2,1-2H3,(H,17,19)/b6-4+. The zero-order valence-electron chi connectivity index (χ0n) is 11.3. The van der Waals surface area contributed by atoms with Crippen LogP contribution in [-0.4, -0.2) is 35.2 Å². The summed E-state index contributed by atoms with van der Waals surface area (Å²) in [5.74, 6) is -0.766. The molecule has 0 fully saturated rings. The van der Waals surface area contributed by atoms with E-state index in [1.165, 1.54) is 36.0 Å². The van der Waals surface area contributed by atoms with Crippen LogP contribution in [0.15, 0.2) is 24.3 Å². The summed E-state index contributed by atoms with van der Waals surface area (Å²) in [5, 5.41) is 11.9. The molecular formula is C14H17ClFNO2S. The predicted molar refractivity (Wildman–Crippen MR) is 82.4 cm³/mol. The minimum absolute atomic E-state index is 0.000102. The minimum Gasteiger partial charge on any atom is -0.395 e. The highest BCUT2D eigenvalue weighted by Crippen LogP contribution is 2.16. The summed E-state index contributed by atoms with van der Waals surface area (Å²) in [6.45, 7) is 1.83. The van der Waals surface area contributed by atoms with Gasteiger partial charge in [0.1, 0.15) is 5.82 Å². The molecule has 0 bridgehead atoms. The van der Waals surface area contributed by atoms with E-state index in [0.29, 0.717) is 5.56 Å². The number of carbonyl (C=O) groups excluding carboxylic acids is 1. The summed E-state index contributed by atoms with van der Waals surface area (Å²) < 4.78 is 13.0. The molecule has 1 rings (SSSR count). The van der Waals surface area contributed by atoms with Gasteiger partial charge in [-0.3, -0.25) is 4.79 Å². The topological polar surface area (TPSA) is 49.3 Å². The number of amides is 1. The number of rotatable bonds is 6. The Morgan fingerprint density at radius 2 is 2.30 bits per heavy atom. The minimum atomic E-state index is -0.493. The summed E-state index contributed by atoms with van der Waals surface area (Å²) >= 11 is 7.14. The molecule has 0 aliphatic heterocycles. The second kappa shape index (κ2) is 8.29. The SMILES string of the molecule is CSC(CO)C(C)NC(=O)/C=C/c1ccc(F)c(Cl)c1. The quantitative estimate of drug-likeness (QED) is 0.793. The first-order valence-electron chi connectivity index (χ1n) is 6.05. The van der Waals surface area contributed by atoms with Crippen molar-refractivity contribution >= 4 is 35.3 Å². The van der Waals surface area contributed by atoms with Gasteiger partial charge in [0.05, 0.1) is 11.6 Å². The van der Waals surface area contributed by atoms with Gasteiger partial charge in [-0.2, -0.15) is 11.8 Å². The summed E-state index contributed by atoms with van der Waals surface area (Å²) in [5.41, 5.74) is 0.641. The first-order chi connectivity index (χ1) is 9.47. The van der Waals surface area contributed by atoms with Crippen LogP contribution in [0.3, 0.4) is 0 Å². The lowest BCUT2D eigenvalue weighted by Crippen LogP contribution is -2.40. The van der Waals surface area contributed by atoms with Gasteiger partial charge in [-0.15, -0.1) is 0 Å². The molecule has 0 aromatic heterocycles. The van der Waals surface area contributed by atoms with E-state index >= 15 is 0 Å². The van der Waals surface area contributed by atoms with Gasteiger partial charge in [0.25, 0.3) is 0 Å². The van der Waals surface area contributed by atoms with Crippen LogP contribution in [0.4, 0.5) is 4.39 Å². The molecular weight excluding hydrogens is 301 g/mol. The third kappa shape index (κ3) is 5.15. The highest BCUT2D eigenvalue weighted by molar-refractivity contribution is 7.99. The van der Waals surface area contributed by atoms with Gasteiger partial charge in [0.2, 0.25) is 5.91 Å². The maximum Gasteiger partial charge on any atom is 0.244 e. The Morgan fingerprint density at radius 1 is 1.60 bits per heavy atom. The van der Waals surface area contributed by atoms with Crippen molar-refractivity contribution in [2.75, 3.05) is 12.9 Å². The fraction of sp³-hybridized carbons (Fsp3) is 0.357. The number of hydrogen-bond donors (Lipinski definition) is 2. The molecule has 0 spiro atoms. The maximum atomic E-state index is 13.0. The number of nitrogens with one attached hydrogen (secondary N) is 1. The molecule has 0 aliphatic carbocycles. The Labute approximate surface area is 127 Å². The van der Waals surface area contributed by atoms with Gasteiger partial charge >= 0.3 is 0 Å². The number of aliphatic hydroxyl groups is 1. The van der Waals surface area contributed by atoms with E-state index < -0.39 is 5.82 Å². The third-order valence-electron chi connectivity index (χ3n) is 2.78. The fourth-order valence-corrected chi connectivity index (χ4v) is 2.40. The van der Waals surface area contributed by atoms with E-state index in [1.807, 2.05) is 13.2 Å². The second-order valence-electron chi connectivity index (χ2n) is 4.26. The van der Waals surface area contributed by atoms with Crippen molar-refractivity contribution in [2.24, 2.45) is 0 Å². The van der Waals surface area contributed by atoms with Gasteiger partial charge in [-0.05, 0) is 37.0 Å². The van der Waals surface area contributed by atoms with Crippen LogP contribution in [0.2, 0.25) is 5.02 Å². The average molecular weight is 318 g/mol. The Hall–Kier alpha value is -1.04. The molecule has 3 nitrogen and oxygen atoms in total. The molecule has 0 saturated heterocycles. The molecule has 1 amide bonds. The lowest BCUT2D eigenvalue weighted by atomic mass is 10.2. The third-order valence-corrected chi connectivity index (χ3v) is 4.23. The number of aliphatic hydroxyl groups excluding tert-OH is 1. The first-order valence-corrected chi connectivity index (χ1v) is 7.71. The molecule has 110 valence electrons. The van der Waals surface area contributed by atoms with E-state index in [-0.39, 0.29) is 28.8 Å². The number of carbonyl (C=O) groups is 1. The normalized spacial score (nSPS) is 14.2. The average Bonchev–Trinajstić information content (AvgIpc) is 2.41. The summed E-state index contributed by atoms with van der Waals surface area (Å²) in [6, 6.07) is 4.08. The van der Waals surface area contributed by atoms with Crippen LogP contribution in [0, 0.1) is 5.82 Å². The van der Waals surface area contributed by atoms with Crippen molar-refractivity contribution in [3.8, 4) is 0 Å². The molecule has 0 saturated carbocycles. The van der Waals surface area contributed by atoms with E-state index in [9.17, 15) is 9.18 Å². The fourth-order valence-electron chi connectivity index (χ4n) is 1.59. The number of thioether (sulfide) groups is 1. The number of halogens is 2. The van der Waals surface area contributed by atoms with E-state index in [2.05, 4.69) is 5.32 Å². The molecule has 1 aromatic rings. The lowest BCUT2D eigenvalue weighted by molar-refractivity contribution is -0.117. The molecule has 0 radical (unpaired) electrons. The van der Waals surface area contributed by atoms with Crippen molar-refractivity contribution in [2.45, 2.75) is 18.2 Å². The smallest absolute Gasteiger partial charge is 0.244 e. The van der Waals surface area contributed by atoms with Crippen molar-refractivity contribution < 1.29 is 14.3 Å². The van der Waals surface area contributed by atoms with E-state index in [4.69, 9.17) is 16.7 Å². The van der Waals surface area contributed by atoms with Gasteiger partial charge in [-0.25, -0.2) is 4.39 Å². The Bertz CT molecular complexity index is 492. The highest BCUT2D eigenvalue weighted by Gasteiger charge is 2.16. The van der Waals surface area contributed by atoms with Crippen LogP contribution in [0.1, 0.15) is 12.5 Å². The molecule has 2 unspecified atom stereocenters. The van der Waals surface area contributed by atoms with Gasteiger partial charge in [0, 0.05) is 17.4 Å². The second-order valence-corrected chi connectivity index (χ2v) is 5.74. The van der Waals surface area contributed by atoms with Crippen molar-refractivity contribution in [1.29, 1.82) is 0 Å². The number of benzene rings is 1. The first kappa shape index (κ1) is 17.0. The zero-order chi connectivity index (χ0) is 15.1. The number of hydrogen-bond acceptors (Lipinski definition) is 3. The van der Waals surface area contributed by atoms with Crippen molar-refractivity contribution in [3.05, 3.63) is 40.7 Å². The molecule has 6 heteroatoms. The van der Waals surface area contributed by atoms with Gasteiger partial charge < -0.3 is 10.4 Å². The van der Waals surface area contributed by atoms with Crippen LogP contribution in [0.5, 0.6) is 0 Å². The Balaban J connectivity index is 2.61. The monoisotopic (exact) mass is 317 g/mol. The summed E-state index contributed by atoms with van der Waals surface area (Å²) in [4.78, 5) is 11.7. The van der Waals surface area contributed by atoms with Crippen LogP contribution in [-0.2, 0) is 4.79 Å². The zero-order valence-corrected chi connectivity index (χ0v) is 12.8. The van der Waals surface area contributed by atoms with Crippen LogP contribution < -0.4 is 5.32 Å². The molecule has 0 aliphatic rings. The van der Waals surface area contributed by atoms with Crippen molar-refractivity contribution in [1.82, 2.24) is 5.32 Å². The molecule has 0 heterocycles. The Kier molecular flexibility index (Phi) is 7.05. The maximum absolute atomic E-state index is 13.0. The highest BCUT2D eigenvalue weighted by atomic mass is 35.5. The van der Waals surface area contributed by atoms with Gasteiger partial charge in [-0.1, -0.05) is 17.7 Å². The predicted octanol–water partition coefficient (Wildman–Crippen LogP) is 2.72. The summed E-state index contributed by atoms with van der Waals surface area (Å²) in [6.07, 6.45) is 4.79. The van der Waals surface area contributed by atoms with E-state index in [0.717, 1.165) is 0 Å². The van der Waals surface area contributed by atoms with Crippen LogP contribution in [0.25, 0.3) is 6.08 Å². The van der Waals surface area contributed by atoms with Gasteiger partial charge in [0.15, 0.2) is 0 Å². The lowest BCUT2D eigenvalue weighted by Gasteiger charge is -2.20. The Morgan fingerprint density at radius 3 is 2.85 bits per heavy atom.